The van der Waals surface area contributed by atoms with E-state index in [0.717, 1.165) is 11.4 Å². The van der Waals surface area contributed by atoms with Crippen molar-refractivity contribution >= 4 is 35.2 Å². The maximum atomic E-state index is 13.1. The highest BCUT2D eigenvalue weighted by Crippen LogP contribution is 2.38. The van der Waals surface area contributed by atoms with Gasteiger partial charge in [-0.25, -0.2) is 9.79 Å². The van der Waals surface area contributed by atoms with Crippen LogP contribution in [0.1, 0.15) is 6.92 Å². The lowest BCUT2D eigenvalue weighted by atomic mass is 10.1. The fourth-order valence-electron chi connectivity index (χ4n) is 3.86. The summed E-state index contributed by atoms with van der Waals surface area (Å²) in [6.45, 7) is 2.41. The Morgan fingerprint density at radius 2 is 2.00 bits per heavy atom. The van der Waals surface area contributed by atoms with E-state index in [1.54, 1.807) is 26.3 Å². The van der Waals surface area contributed by atoms with E-state index >= 15 is 0 Å². The van der Waals surface area contributed by atoms with Crippen molar-refractivity contribution in [3.8, 4) is 5.75 Å². The first-order chi connectivity index (χ1) is 13.9. The Balaban J connectivity index is 1.68. The summed E-state index contributed by atoms with van der Waals surface area (Å²) in [6.07, 6.45) is 1.28. The average molecular weight is 420 g/mol. The van der Waals surface area contributed by atoms with Crippen LogP contribution in [0.3, 0.4) is 0 Å². The third kappa shape index (κ3) is 2.92. The molecule has 9 nitrogen and oxygen atoms in total. The molecule has 1 saturated heterocycles. The summed E-state index contributed by atoms with van der Waals surface area (Å²) in [5.74, 6) is 0.873. The highest BCUT2D eigenvalue weighted by Gasteiger charge is 2.54. The number of urea groups is 1. The molecule has 2 atom stereocenters. The molecule has 1 aromatic carbocycles. The van der Waals surface area contributed by atoms with Gasteiger partial charge in [0.25, 0.3) is 5.91 Å². The molecule has 3 amide bonds. The molecule has 3 aliphatic rings. The van der Waals surface area contributed by atoms with Crippen LogP contribution in [-0.4, -0.2) is 79.2 Å². The number of carbonyl (C=O) groups excluding carboxylic acids is 2. The zero-order chi connectivity index (χ0) is 20.9. The fourth-order valence-corrected chi connectivity index (χ4v) is 4.11. The van der Waals surface area contributed by atoms with Crippen LogP contribution in [0.15, 0.2) is 35.1 Å². The van der Waals surface area contributed by atoms with Gasteiger partial charge in [0.05, 0.1) is 31.0 Å². The van der Waals surface area contributed by atoms with Gasteiger partial charge >= 0.3 is 6.03 Å². The van der Waals surface area contributed by atoms with Gasteiger partial charge in [0, 0.05) is 26.1 Å². The SMILES string of the molecule is COCCN1C(=O)C2C(N=C3N(c4ccc(OC)c(Cl)c4)C(C)=CN32)N(C)C1=O. The number of methoxy groups -OCH3 is 2. The lowest BCUT2D eigenvalue weighted by Crippen LogP contribution is -2.64. The van der Waals surface area contributed by atoms with Gasteiger partial charge in [-0.05, 0) is 25.1 Å². The van der Waals surface area contributed by atoms with Gasteiger partial charge in [-0.1, -0.05) is 11.6 Å². The number of rotatable bonds is 5. The first-order valence-electron chi connectivity index (χ1n) is 9.14. The molecule has 0 radical (unpaired) electrons. The van der Waals surface area contributed by atoms with Gasteiger partial charge in [0.15, 0.2) is 12.2 Å². The predicted molar refractivity (Wildman–Crippen MR) is 108 cm³/mol. The van der Waals surface area contributed by atoms with E-state index in [1.807, 2.05) is 29.0 Å². The van der Waals surface area contributed by atoms with Crippen LogP contribution in [0.4, 0.5) is 10.5 Å². The monoisotopic (exact) mass is 419 g/mol. The van der Waals surface area contributed by atoms with Crippen molar-refractivity contribution in [2.75, 3.05) is 39.3 Å². The number of imide groups is 1. The quantitative estimate of drug-likeness (QED) is 0.725. The number of fused-ring (bicyclic) bond motifs is 3. The van der Waals surface area contributed by atoms with Crippen molar-refractivity contribution < 1.29 is 19.1 Å². The van der Waals surface area contributed by atoms with Crippen LogP contribution < -0.4 is 9.64 Å². The number of hydrogen-bond donors (Lipinski definition) is 0. The molecule has 0 saturated carbocycles. The molecule has 3 heterocycles. The van der Waals surface area contributed by atoms with Gasteiger partial charge in [-0.3, -0.25) is 14.6 Å². The first-order valence-corrected chi connectivity index (χ1v) is 9.52. The Morgan fingerprint density at radius 3 is 2.66 bits per heavy atom. The molecule has 0 bridgehead atoms. The maximum Gasteiger partial charge on any atom is 0.328 e. The Morgan fingerprint density at radius 1 is 1.24 bits per heavy atom. The molecule has 10 heteroatoms. The van der Waals surface area contributed by atoms with E-state index in [9.17, 15) is 9.59 Å². The summed E-state index contributed by atoms with van der Waals surface area (Å²) < 4.78 is 10.3. The van der Waals surface area contributed by atoms with E-state index in [2.05, 4.69) is 0 Å². The number of amides is 3. The summed E-state index contributed by atoms with van der Waals surface area (Å²) in [6, 6.07) is 4.45. The van der Waals surface area contributed by atoms with Gasteiger partial charge in [-0.2, -0.15) is 0 Å². The molecule has 0 spiro atoms. The summed E-state index contributed by atoms with van der Waals surface area (Å²) in [7, 11) is 4.75. The van der Waals surface area contributed by atoms with Crippen LogP contribution in [0, 0.1) is 0 Å². The number of carbonyl (C=O) groups is 2. The number of hydrogen-bond acceptors (Lipinski definition) is 7. The topological polar surface area (TPSA) is 77.9 Å². The molecular weight excluding hydrogens is 398 g/mol. The Hall–Kier alpha value is -2.78. The number of aliphatic imine (C=N–C) groups is 1. The average Bonchev–Trinajstić information content (AvgIpc) is 3.20. The number of benzene rings is 1. The van der Waals surface area contributed by atoms with Gasteiger partial charge in [-0.15, -0.1) is 0 Å². The molecule has 2 unspecified atom stereocenters. The van der Waals surface area contributed by atoms with E-state index in [-0.39, 0.29) is 25.1 Å². The van der Waals surface area contributed by atoms with Crippen molar-refractivity contribution in [3.63, 3.8) is 0 Å². The second kappa shape index (κ2) is 7.23. The van der Waals surface area contributed by atoms with Crippen LogP contribution in [0.2, 0.25) is 5.02 Å². The van der Waals surface area contributed by atoms with Crippen LogP contribution in [0.5, 0.6) is 5.75 Å². The number of nitrogens with zero attached hydrogens (tertiary/aromatic N) is 5. The van der Waals surface area contributed by atoms with E-state index < -0.39 is 12.2 Å². The fraction of sp³-hybridized carbons (Fsp3) is 0.421. The largest absolute Gasteiger partial charge is 0.495 e. The normalized spacial score (nSPS) is 23.3. The number of halogens is 1. The molecule has 3 aliphatic heterocycles. The molecule has 4 rings (SSSR count). The van der Waals surface area contributed by atoms with Crippen LogP contribution >= 0.6 is 11.6 Å². The highest BCUT2D eigenvalue weighted by molar-refractivity contribution is 6.32. The third-order valence-electron chi connectivity index (χ3n) is 5.30. The van der Waals surface area contributed by atoms with E-state index in [0.29, 0.717) is 16.7 Å². The van der Waals surface area contributed by atoms with Gasteiger partial charge in [0.2, 0.25) is 5.96 Å². The van der Waals surface area contributed by atoms with Crippen molar-refractivity contribution in [2.24, 2.45) is 4.99 Å². The zero-order valence-corrected chi connectivity index (χ0v) is 17.4. The van der Waals surface area contributed by atoms with E-state index in [4.69, 9.17) is 26.1 Å². The van der Waals surface area contributed by atoms with Crippen molar-refractivity contribution in [3.05, 3.63) is 35.1 Å². The van der Waals surface area contributed by atoms with Crippen molar-refractivity contribution in [1.29, 1.82) is 0 Å². The minimum absolute atomic E-state index is 0.200. The minimum Gasteiger partial charge on any atom is -0.495 e. The Bertz CT molecular complexity index is 933. The Labute approximate surface area is 173 Å². The maximum absolute atomic E-state index is 13.1. The number of ether oxygens (including phenoxy) is 2. The number of guanidine groups is 1. The number of anilines is 1. The third-order valence-corrected chi connectivity index (χ3v) is 5.60. The Kier molecular flexibility index (Phi) is 4.87. The molecule has 1 fully saturated rings. The van der Waals surface area contributed by atoms with Gasteiger partial charge in [0.1, 0.15) is 5.75 Å². The standard InChI is InChI=1S/C19H22ClN5O4/c1-11-10-24-15-16(22(2)19(27)23(17(15)26)7-8-28-3)21-18(24)25(11)12-5-6-14(29-4)13(20)9-12/h5-6,9-10,15-16H,7-8H2,1-4H3. The molecule has 0 N–H and O–H groups in total. The molecule has 0 aliphatic carbocycles. The molecule has 154 valence electrons. The summed E-state index contributed by atoms with van der Waals surface area (Å²) in [5.41, 5.74) is 1.68. The zero-order valence-electron chi connectivity index (χ0n) is 16.6. The molecule has 1 aromatic rings. The number of likely N-dealkylation sites (N-methyl/N-ethyl adjacent to an activating group) is 1. The second-order valence-corrected chi connectivity index (χ2v) is 7.40. The molecule has 29 heavy (non-hydrogen) atoms. The summed E-state index contributed by atoms with van der Waals surface area (Å²) in [5, 5.41) is 0.473. The van der Waals surface area contributed by atoms with E-state index in [1.165, 1.54) is 16.9 Å². The smallest absolute Gasteiger partial charge is 0.328 e. The second-order valence-electron chi connectivity index (χ2n) is 7.00. The minimum atomic E-state index is -0.613. The molecule has 0 aromatic heterocycles. The molecular formula is C19H22ClN5O4. The summed E-state index contributed by atoms with van der Waals surface area (Å²) >= 11 is 6.30. The lowest BCUT2D eigenvalue weighted by molar-refractivity contribution is -0.137. The van der Waals surface area contributed by atoms with Crippen molar-refractivity contribution in [1.82, 2.24) is 14.7 Å². The number of allylic oxidation sites excluding steroid dienone is 1. The summed E-state index contributed by atoms with van der Waals surface area (Å²) in [4.78, 5) is 37.0. The lowest BCUT2D eigenvalue weighted by Gasteiger charge is -2.40. The van der Waals surface area contributed by atoms with Crippen LogP contribution in [-0.2, 0) is 9.53 Å². The van der Waals surface area contributed by atoms with Crippen molar-refractivity contribution in [2.45, 2.75) is 19.1 Å². The highest BCUT2D eigenvalue weighted by atomic mass is 35.5. The predicted octanol–water partition coefficient (Wildman–Crippen LogP) is 1.94. The first kappa shape index (κ1) is 19.5. The van der Waals surface area contributed by atoms with Crippen LogP contribution in [0.25, 0.3) is 0 Å². The van der Waals surface area contributed by atoms with Gasteiger partial charge < -0.3 is 19.3 Å².